The second-order valence-electron chi connectivity index (χ2n) is 3.57. The molecule has 0 radical (unpaired) electrons. The average Bonchev–Trinajstić information content (AvgIpc) is 2.39. The van der Waals surface area contributed by atoms with Crippen molar-refractivity contribution in [1.29, 1.82) is 5.26 Å². The van der Waals surface area contributed by atoms with E-state index in [1.54, 1.807) is 19.2 Å². The van der Waals surface area contributed by atoms with Crippen molar-refractivity contribution < 1.29 is 9.84 Å². The zero-order valence-corrected chi connectivity index (χ0v) is 9.34. The van der Waals surface area contributed by atoms with E-state index in [0.29, 0.717) is 0 Å². The molecule has 0 spiro atoms. The summed E-state index contributed by atoms with van der Waals surface area (Å²) in [6.45, 7) is 0. The molecule has 0 saturated carbocycles. The van der Waals surface area contributed by atoms with Gasteiger partial charge in [0.25, 0.3) is 0 Å². The predicted octanol–water partition coefficient (Wildman–Crippen LogP) is 2.94. The Hall–Kier alpha value is -2.47. The van der Waals surface area contributed by atoms with Crippen molar-refractivity contribution >= 4 is 0 Å². The largest absolute Gasteiger partial charge is 0.507 e. The minimum absolute atomic E-state index is 0.00441. The standard InChI is InChI=1S/C14H11NO2/c1-17-13-5-2-10(3-6-13)11-4-7-14(16)12(8-11)9-15/h2-8,16H,1H3. The molecule has 2 aromatic rings. The first-order chi connectivity index (χ1) is 8.24. The van der Waals surface area contributed by atoms with Crippen LogP contribution in [-0.2, 0) is 0 Å². The van der Waals surface area contributed by atoms with E-state index in [1.807, 2.05) is 30.3 Å². The summed E-state index contributed by atoms with van der Waals surface area (Å²) in [6, 6.07) is 14.4. The quantitative estimate of drug-likeness (QED) is 0.854. The van der Waals surface area contributed by atoms with Crippen LogP contribution in [-0.4, -0.2) is 12.2 Å². The predicted molar refractivity (Wildman–Crippen MR) is 64.8 cm³/mol. The molecule has 84 valence electrons. The Kier molecular flexibility index (Phi) is 2.97. The molecule has 2 rings (SSSR count). The second-order valence-corrected chi connectivity index (χ2v) is 3.57. The van der Waals surface area contributed by atoms with Crippen molar-refractivity contribution in [2.24, 2.45) is 0 Å². The average molecular weight is 225 g/mol. The molecule has 0 bridgehead atoms. The van der Waals surface area contributed by atoms with Gasteiger partial charge in [-0.2, -0.15) is 5.26 Å². The third-order valence-electron chi connectivity index (χ3n) is 2.54. The van der Waals surface area contributed by atoms with Crippen molar-refractivity contribution in [1.82, 2.24) is 0 Å². The molecular weight excluding hydrogens is 214 g/mol. The summed E-state index contributed by atoms with van der Waals surface area (Å²) < 4.78 is 5.08. The lowest BCUT2D eigenvalue weighted by atomic mass is 10.0. The number of ether oxygens (including phenoxy) is 1. The molecule has 0 amide bonds. The number of benzene rings is 2. The number of hydrogen-bond acceptors (Lipinski definition) is 3. The van der Waals surface area contributed by atoms with Crippen molar-refractivity contribution in [3.63, 3.8) is 0 Å². The fourth-order valence-corrected chi connectivity index (χ4v) is 1.59. The number of hydrogen-bond donors (Lipinski definition) is 1. The van der Waals surface area contributed by atoms with Gasteiger partial charge in [-0.1, -0.05) is 18.2 Å². The van der Waals surface area contributed by atoms with Crippen molar-refractivity contribution in [2.75, 3.05) is 7.11 Å². The van der Waals surface area contributed by atoms with E-state index >= 15 is 0 Å². The molecule has 0 saturated heterocycles. The maximum Gasteiger partial charge on any atom is 0.133 e. The zero-order chi connectivity index (χ0) is 12.3. The summed E-state index contributed by atoms with van der Waals surface area (Å²) in [7, 11) is 1.61. The van der Waals surface area contributed by atoms with Crippen LogP contribution in [0.4, 0.5) is 0 Å². The number of phenolic OH excluding ortho intramolecular Hbond substituents is 1. The van der Waals surface area contributed by atoms with Gasteiger partial charge >= 0.3 is 0 Å². The second kappa shape index (κ2) is 4.58. The highest BCUT2D eigenvalue weighted by atomic mass is 16.5. The Labute approximate surface area is 99.5 Å². The van der Waals surface area contributed by atoms with Gasteiger partial charge in [-0.25, -0.2) is 0 Å². The lowest BCUT2D eigenvalue weighted by Gasteiger charge is -2.05. The molecule has 17 heavy (non-hydrogen) atoms. The fourth-order valence-electron chi connectivity index (χ4n) is 1.59. The van der Waals surface area contributed by atoms with Gasteiger partial charge in [-0.3, -0.25) is 0 Å². The van der Waals surface area contributed by atoms with Crippen molar-refractivity contribution in [3.05, 3.63) is 48.0 Å². The molecule has 3 nitrogen and oxygen atoms in total. The van der Waals surface area contributed by atoms with Crippen LogP contribution in [0.3, 0.4) is 0 Å². The van der Waals surface area contributed by atoms with Crippen LogP contribution >= 0.6 is 0 Å². The van der Waals surface area contributed by atoms with E-state index in [9.17, 15) is 5.11 Å². The summed E-state index contributed by atoms with van der Waals surface area (Å²) >= 11 is 0. The normalized spacial score (nSPS) is 9.65. The van der Waals surface area contributed by atoms with E-state index in [-0.39, 0.29) is 11.3 Å². The molecule has 0 heterocycles. The van der Waals surface area contributed by atoms with Crippen LogP contribution in [0.2, 0.25) is 0 Å². The highest BCUT2D eigenvalue weighted by Gasteiger charge is 2.03. The van der Waals surface area contributed by atoms with Gasteiger partial charge < -0.3 is 9.84 Å². The van der Waals surface area contributed by atoms with Crippen molar-refractivity contribution in [3.8, 4) is 28.7 Å². The number of methoxy groups -OCH3 is 1. The Morgan fingerprint density at radius 1 is 1.06 bits per heavy atom. The van der Waals surface area contributed by atoms with E-state index in [0.717, 1.165) is 16.9 Å². The van der Waals surface area contributed by atoms with Crippen LogP contribution in [0.1, 0.15) is 5.56 Å². The molecule has 0 aliphatic rings. The molecule has 0 aromatic heterocycles. The van der Waals surface area contributed by atoms with E-state index in [2.05, 4.69) is 0 Å². The molecule has 2 aromatic carbocycles. The van der Waals surface area contributed by atoms with Gasteiger partial charge in [0.05, 0.1) is 12.7 Å². The maximum atomic E-state index is 9.42. The lowest BCUT2D eigenvalue weighted by Crippen LogP contribution is -1.84. The van der Waals surface area contributed by atoms with Gasteiger partial charge in [0.15, 0.2) is 0 Å². The van der Waals surface area contributed by atoms with Gasteiger partial charge in [0.1, 0.15) is 17.6 Å². The number of nitrogens with zero attached hydrogens (tertiary/aromatic N) is 1. The maximum absolute atomic E-state index is 9.42. The smallest absolute Gasteiger partial charge is 0.133 e. The Morgan fingerprint density at radius 2 is 1.71 bits per heavy atom. The van der Waals surface area contributed by atoms with Crippen LogP contribution in [0.15, 0.2) is 42.5 Å². The van der Waals surface area contributed by atoms with E-state index in [1.165, 1.54) is 6.07 Å². The monoisotopic (exact) mass is 225 g/mol. The minimum Gasteiger partial charge on any atom is -0.507 e. The Balaban J connectivity index is 2.43. The molecule has 0 aliphatic carbocycles. The fraction of sp³-hybridized carbons (Fsp3) is 0.0714. The van der Waals surface area contributed by atoms with Crippen LogP contribution in [0.25, 0.3) is 11.1 Å². The van der Waals surface area contributed by atoms with Crippen LogP contribution in [0, 0.1) is 11.3 Å². The molecule has 0 aliphatic heterocycles. The number of nitriles is 1. The molecule has 1 N–H and O–H groups in total. The number of rotatable bonds is 2. The molecule has 0 fully saturated rings. The lowest BCUT2D eigenvalue weighted by molar-refractivity contribution is 0.415. The highest BCUT2D eigenvalue weighted by Crippen LogP contribution is 2.26. The first kappa shape index (κ1) is 11.0. The third kappa shape index (κ3) is 2.21. The molecular formula is C14H11NO2. The Morgan fingerprint density at radius 3 is 2.29 bits per heavy atom. The first-order valence-corrected chi connectivity index (χ1v) is 5.12. The van der Waals surface area contributed by atoms with Crippen LogP contribution in [0.5, 0.6) is 11.5 Å². The molecule has 0 unspecified atom stereocenters. The topological polar surface area (TPSA) is 53.2 Å². The van der Waals surface area contributed by atoms with Gasteiger partial charge in [-0.15, -0.1) is 0 Å². The SMILES string of the molecule is COc1ccc(-c2ccc(O)c(C#N)c2)cc1. The third-order valence-corrected chi connectivity index (χ3v) is 2.54. The summed E-state index contributed by atoms with van der Waals surface area (Å²) in [6.07, 6.45) is 0. The summed E-state index contributed by atoms with van der Waals surface area (Å²) in [5, 5.41) is 18.3. The highest BCUT2D eigenvalue weighted by molar-refractivity contribution is 5.67. The first-order valence-electron chi connectivity index (χ1n) is 5.12. The van der Waals surface area contributed by atoms with Gasteiger partial charge in [-0.05, 0) is 35.4 Å². The molecule has 0 atom stereocenters. The number of aromatic hydroxyl groups is 1. The number of phenols is 1. The van der Waals surface area contributed by atoms with E-state index < -0.39 is 0 Å². The van der Waals surface area contributed by atoms with Crippen LogP contribution < -0.4 is 4.74 Å². The summed E-state index contributed by atoms with van der Waals surface area (Å²) in [4.78, 5) is 0. The van der Waals surface area contributed by atoms with E-state index in [4.69, 9.17) is 10.00 Å². The summed E-state index contributed by atoms with van der Waals surface area (Å²) in [5.74, 6) is 0.790. The van der Waals surface area contributed by atoms with Gasteiger partial charge in [0, 0.05) is 0 Å². The minimum atomic E-state index is 0.00441. The summed E-state index contributed by atoms with van der Waals surface area (Å²) in [5.41, 5.74) is 2.14. The van der Waals surface area contributed by atoms with Gasteiger partial charge in [0.2, 0.25) is 0 Å². The Bertz CT molecular complexity index is 568. The van der Waals surface area contributed by atoms with Crippen molar-refractivity contribution in [2.45, 2.75) is 0 Å². The zero-order valence-electron chi connectivity index (χ0n) is 9.34. The molecule has 3 heteroatoms.